The van der Waals surface area contributed by atoms with Gasteiger partial charge in [-0.25, -0.2) is 12.8 Å². The molecule has 102 valence electrons. The molecule has 0 aliphatic carbocycles. The molecule has 2 aromatic rings. The van der Waals surface area contributed by atoms with Crippen molar-refractivity contribution in [2.24, 2.45) is 0 Å². The molecule has 0 amide bonds. The summed E-state index contributed by atoms with van der Waals surface area (Å²) in [7, 11) is -3.85. The smallest absolute Gasteiger partial charge is 0.261 e. The highest BCUT2D eigenvalue weighted by Gasteiger charge is 2.16. The summed E-state index contributed by atoms with van der Waals surface area (Å²) < 4.78 is 40.8. The second-order valence-corrected chi connectivity index (χ2v) is 6.79. The van der Waals surface area contributed by atoms with Crippen molar-refractivity contribution >= 4 is 38.3 Å². The van der Waals surface area contributed by atoms with E-state index >= 15 is 0 Å². The maximum atomic E-state index is 13.2. The molecule has 0 saturated heterocycles. The number of hydrogen-bond acceptors (Lipinski definition) is 3. The third-order valence-corrected chi connectivity index (χ3v) is 4.56. The quantitative estimate of drug-likeness (QED) is 0.803. The first-order valence-corrected chi connectivity index (χ1v) is 7.96. The average Bonchev–Trinajstić information content (AvgIpc) is 2.41. The SMILES string of the molecule is N#Cc1cc(S(=O)(=O)Nc2ccc(I)cc2)ccc1F. The molecule has 1 N–H and O–H groups in total. The van der Waals surface area contributed by atoms with Crippen LogP contribution >= 0.6 is 22.6 Å². The number of nitriles is 1. The van der Waals surface area contributed by atoms with E-state index in [1.165, 1.54) is 0 Å². The van der Waals surface area contributed by atoms with E-state index < -0.39 is 15.8 Å². The van der Waals surface area contributed by atoms with Crippen molar-refractivity contribution in [3.05, 3.63) is 57.4 Å². The van der Waals surface area contributed by atoms with E-state index in [1.807, 2.05) is 0 Å². The van der Waals surface area contributed by atoms with Gasteiger partial charge in [-0.3, -0.25) is 4.72 Å². The van der Waals surface area contributed by atoms with Crippen LogP contribution in [-0.4, -0.2) is 8.42 Å². The average molecular weight is 402 g/mol. The summed E-state index contributed by atoms with van der Waals surface area (Å²) in [6.07, 6.45) is 0. The van der Waals surface area contributed by atoms with Crippen molar-refractivity contribution in [3.8, 4) is 6.07 Å². The van der Waals surface area contributed by atoms with Crippen molar-refractivity contribution in [1.82, 2.24) is 0 Å². The summed E-state index contributed by atoms with van der Waals surface area (Å²) in [4.78, 5) is -0.158. The number of halogens is 2. The molecule has 2 aromatic carbocycles. The van der Waals surface area contributed by atoms with Crippen molar-refractivity contribution in [2.75, 3.05) is 4.72 Å². The number of benzene rings is 2. The number of hydrogen-bond donors (Lipinski definition) is 1. The van der Waals surface area contributed by atoms with Gasteiger partial charge in [-0.1, -0.05) is 0 Å². The van der Waals surface area contributed by atoms with E-state index in [-0.39, 0.29) is 10.5 Å². The second-order valence-electron chi connectivity index (χ2n) is 3.87. The highest BCUT2D eigenvalue weighted by Crippen LogP contribution is 2.19. The zero-order valence-electron chi connectivity index (χ0n) is 9.97. The molecular weight excluding hydrogens is 394 g/mol. The van der Waals surface area contributed by atoms with Crippen molar-refractivity contribution in [1.29, 1.82) is 5.26 Å². The summed E-state index contributed by atoms with van der Waals surface area (Å²) in [6, 6.07) is 11.4. The van der Waals surface area contributed by atoms with E-state index in [0.717, 1.165) is 21.8 Å². The van der Waals surface area contributed by atoms with Crippen LogP contribution in [0.1, 0.15) is 5.56 Å². The highest BCUT2D eigenvalue weighted by atomic mass is 127. The normalized spacial score (nSPS) is 10.8. The maximum Gasteiger partial charge on any atom is 0.261 e. The fourth-order valence-electron chi connectivity index (χ4n) is 1.49. The molecule has 2 rings (SSSR count). The Morgan fingerprint density at radius 3 is 2.40 bits per heavy atom. The van der Waals surface area contributed by atoms with Crippen LogP contribution in [0.5, 0.6) is 0 Å². The second kappa shape index (κ2) is 5.76. The van der Waals surface area contributed by atoms with E-state index in [9.17, 15) is 12.8 Å². The number of nitrogens with one attached hydrogen (secondary N) is 1. The minimum absolute atomic E-state index is 0.158. The fraction of sp³-hybridized carbons (Fsp3) is 0. The highest BCUT2D eigenvalue weighted by molar-refractivity contribution is 14.1. The Morgan fingerprint density at radius 1 is 1.15 bits per heavy atom. The van der Waals surface area contributed by atoms with E-state index in [4.69, 9.17) is 5.26 Å². The van der Waals surface area contributed by atoms with Crippen LogP contribution in [0, 0.1) is 20.7 Å². The third kappa shape index (κ3) is 3.26. The molecule has 0 radical (unpaired) electrons. The molecule has 0 aromatic heterocycles. The first kappa shape index (κ1) is 14.7. The molecule has 0 aliphatic rings. The van der Waals surface area contributed by atoms with Gasteiger partial charge in [0, 0.05) is 9.26 Å². The van der Waals surface area contributed by atoms with Gasteiger partial charge in [0.05, 0.1) is 10.5 Å². The Bertz CT molecular complexity index is 783. The Kier molecular flexibility index (Phi) is 4.25. The minimum Gasteiger partial charge on any atom is -0.280 e. The Hall–Kier alpha value is -1.66. The van der Waals surface area contributed by atoms with Crippen LogP contribution in [0.15, 0.2) is 47.4 Å². The number of rotatable bonds is 3. The molecule has 20 heavy (non-hydrogen) atoms. The molecule has 0 aliphatic heterocycles. The van der Waals surface area contributed by atoms with Gasteiger partial charge in [-0.05, 0) is 65.1 Å². The Balaban J connectivity index is 2.36. The lowest BCUT2D eigenvalue weighted by Gasteiger charge is -2.08. The number of anilines is 1. The molecule has 4 nitrogen and oxygen atoms in total. The van der Waals surface area contributed by atoms with Crippen molar-refractivity contribution in [2.45, 2.75) is 4.90 Å². The summed E-state index contributed by atoms with van der Waals surface area (Å²) in [5.41, 5.74) is 0.0868. The van der Waals surface area contributed by atoms with E-state index in [1.54, 1.807) is 30.3 Å². The Labute approximate surface area is 129 Å². The molecule has 0 atom stereocenters. The predicted molar refractivity (Wildman–Crippen MR) is 81.1 cm³/mol. The zero-order chi connectivity index (χ0) is 14.8. The van der Waals surface area contributed by atoms with Gasteiger partial charge in [0.15, 0.2) is 0 Å². The Morgan fingerprint density at radius 2 is 1.80 bits per heavy atom. The number of nitrogens with zero attached hydrogens (tertiary/aromatic N) is 1. The summed E-state index contributed by atoms with van der Waals surface area (Å²) in [5, 5.41) is 8.72. The molecule has 0 fully saturated rings. The monoisotopic (exact) mass is 402 g/mol. The van der Waals surface area contributed by atoms with Crippen molar-refractivity contribution in [3.63, 3.8) is 0 Å². The molecule has 0 saturated carbocycles. The lowest BCUT2D eigenvalue weighted by Crippen LogP contribution is -2.13. The molecule has 0 unspecified atom stereocenters. The zero-order valence-corrected chi connectivity index (χ0v) is 12.9. The van der Waals surface area contributed by atoms with E-state index in [0.29, 0.717) is 5.69 Å². The molecular formula is C13H8FIN2O2S. The van der Waals surface area contributed by atoms with Crippen molar-refractivity contribution < 1.29 is 12.8 Å². The largest absolute Gasteiger partial charge is 0.280 e. The lowest BCUT2D eigenvalue weighted by atomic mass is 10.2. The van der Waals surface area contributed by atoms with Gasteiger partial charge in [-0.2, -0.15) is 5.26 Å². The van der Waals surface area contributed by atoms with Gasteiger partial charge in [0.25, 0.3) is 10.0 Å². The first-order chi connectivity index (χ1) is 9.42. The minimum atomic E-state index is -3.85. The summed E-state index contributed by atoms with van der Waals surface area (Å²) in [6.45, 7) is 0. The molecule has 0 bridgehead atoms. The maximum absolute atomic E-state index is 13.2. The predicted octanol–water partition coefficient (Wildman–Crippen LogP) is 3.10. The van der Waals surface area contributed by atoms with Crippen LogP contribution in [0.25, 0.3) is 0 Å². The van der Waals surface area contributed by atoms with Gasteiger partial charge < -0.3 is 0 Å². The summed E-state index contributed by atoms with van der Waals surface area (Å²) >= 11 is 2.10. The standard InChI is InChI=1S/C13H8FIN2O2S/c14-13-6-5-12(7-9(13)8-16)20(18,19)17-11-3-1-10(15)2-4-11/h1-7,17H. The van der Waals surface area contributed by atoms with Crippen LogP contribution in [-0.2, 0) is 10.0 Å². The van der Waals surface area contributed by atoms with Gasteiger partial charge in [0.1, 0.15) is 11.9 Å². The first-order valence-electron chi connectivity index (χ1n) is 5.40. The van der Waals surface area contributed by atoms with Crippen LogP contribution < -0.4 is 4.72 Å². The number of sulfonamides is 1. The topological polar surface area (TPSA) is 70.0 Å². The van der Waals surface area contributed by atoms with Gasteiger partial charge >= 0.3 is 0 Å². The fourth-order valence-corrected chi connectivity index (χ4v) is 2.93. The van der Waals surface area contributed by atoms with Crippen LogP contribution in [0.3, 0.4) is 0 Å². The molecule has 7 heteroatoms. The molecule has 0 heterocycles. The van der Waals surface area contributed by atoms with Crippen LogP contribution in [0.4, 0.5) is 10.1 Å². The van der Waals surface area contributed by atoms with Crippen LogP contribution in [0.2, 0.25) is 0 Å². The van der Waals surface area contributed by atoms with Gasteiger partial charge in [-0.15, -0.1) is 0 Å². The lowest BCUT2D eigenvalue weighted by molar-refractivity contribution is 0.599. The molecule has 0 spiro atoms. The third-order valence-electron chi connectivity index (χ3n) is 2.47. The van der Waals surface area contributed by atoms with E-state index in [2.05, 4.69) is 27.3 Å². The summed E-state index contributed by atoms with van der Waals surface area (Å²) in [5.74, 6) is -0.749. The van der Waals surface area contributed by atoms with Gasteiger partial charge in [0.2, 0.25) is 0 Å².